The molecule has 0 aromatic heterocycles. The molecular formula is C9H16N2O. The van der Waals surface area contributed by atoms with E-state index in [1.165, 1.54) is 0 Å². The first-order chi connectivity index (χ1) is 5.93. The zero-order valence-electron chi connectivity index (χ0n) is 7.38. The van der Waals surface area contributed by atoms with Crippen LogP contribution in [0.4, 0.5) is 0 Å². The summed E-state index contributed by atoms with van der Waals surface area (Å²) in [4.78, 5) is 12.3. The largest absolute Gasteiger partial charge is 0.314 e. The van der Waals surface area contributed by atoms with Crippen LogP contribution in [0.1, 0.15) is 12.8 Å². The lowest BCUT2D eigenvalue weighted by molar-refractivity contribution is 0.239. The molecule has 0 spiro atoms. The van der Waals surface area contributed by atoms with E-state index >= 15 is 0 Å². The summed E-state index contributed by atoms with van der Waals surface area (Å²) in [5.74, 6) is 1.80. The van der Waals surface area contributed by atoms with E-state index < -0.39 is 0 Å². The molecule has 0 amide bonds. The predicted molar refractivity (Wildman–Crippen MR) is 48.8 cm³/mol. The molecule has 1 fully saturated rings. The van der Waals surface area contributed by atoms with Crippen molar-refractivity contribution in [2.45, 2.75) is 12.8 Å². The summed E-state index contributed by atoms with van der Waals surface area (Å²) in [5, 5.41) is 3.30. The van der Waals surface area contributed by atoms with Gasteiger partial charge >= 0.3 is 0 Å². The minimum atomic E-state index is 0.868. The van der Waals surface area contributed by atoms with E-state index in [0.29, 0.717) is 0 Å². The van der Waals surface area contributed by atoms with Gasteiger partial charge in [0.2, 0.25) is 0 Å². The third-order valence-corrected chi connectivity index (χ3v) is 2.12. The Balaban J connectivity index is 2.01. The van der Waals surface area contributed by atoms with Crippen LogP contribution < -0.4 is 5.32 Å². The van der Waals surface area contributed by atoms with Gasteiger partial charge in [-0.2, -0.15) is 0 Å². The predicted octanol–water partition coefficient (Wildman–Crippen LogP) is 0.0596. The normalized spacial score (nSPS) is 18.7. The fourth-order valence-electron chi connectivity index (χ4n) is 1.41. The van der Waals surface area contributed by atoms with Gasteiger partial charge in [0, 0.05) is 26.2 Å². The van der Waals surface area contributed by atoms with Gasteiger partial charge in [-0.05, 0) is 25.5 Å². The molecule has 1 aliphatic rings. The molecule has 12 heavy (non-hydrogen) atoms. The summed E-state index contributed by atoms with van der Waals surface area (Å²) >= 11 is 0. The van der Waals surface area contributed by atoms with Gasteiger partial charge in [-0.25, -0.2) is 4.79 Å². The van der Waals surface area contributed by atoms with Crippen LogP contribution in [0.2, 0.25) is 0 Å². The number of nitrogens with zero attached hydrogens (tertiary/aromatic N) is 1. The molecule has 0 bridgehead atoms. The Morgan fingerprint density at radius 2 is 2.17 bits per heavy atom. The average Bonchev–Trinajstić information content (AvgIpc) is 2.14. The number of piperazine rings is 1. The van der Waals surface area contributed by atoms with E-state index in [9.17, 15) is 4.79 Å². The monoisotopic (exact) mass is 168 g/mol. The third-order valence-electron chi connectivity index (χ3n) is 2.12. The molecule has 0 aliphatic carbocycles. The summed E-state index contributed by atoms with van der Waals surface area (Å²) in [6.07, 6.45) is 3.52. The van der Waals surface area contributed by atoms with Crippen molar-refractivity contribution in [2.24, 2.45) is 0 Å². The molecule has 1 aliphatic heterocycles. The third kappa shape index (κ3) is 3.67. The van der Waals surface area contributed by atoms with Crippen LogP contribution in [0.3, 0.4) is 0 Å². The SMILES string of the molecule is O=C=CCCCN1CCNCC1. The first-order valence-corrected chi connectivity index (χ1v) is 4.56. The summed E-state index contributed by atoms with van der Waals surface area (Å²) < 4.78 is 0. The van der Waals surface area contributed by atoms with Crippen LogP contribution in [0.25, 0.3) is 0 Å². The van der Waals surface area contributed by atoms with Crippen molar-refractivity contribution in [1.82, 2.24) is 10.2 Å². The Morgan fingerprint density at radius 1 is 1.42 bits per heavy atom. The van der Waals surface area contributed by atoms with Crippen LogP contribution in [-0.2, 0) is 4.79 Å². The lowest BCUT2D eigenvalue weighted by atomic mass is 10.2. The van der Waals surface area contributed by atoms with Gasteiger partial charge in [-0.1, -0.05) is 0 Å². The minimum Gasteiger partial charge on any atom is -0.314 e. The first-order valence-electron chi connectivity index (χ1n) is 4.56. The van der Waals surface area contributed by atoms with E-state index in [-0.39, 0.29) is 0 Å². The van der Waals surface area contributed by atoms with Gasteiger partial charge in [-0.15, -0.1) is 0 Å². The first kappa shape index (κ1) is 9.46. The number of rotatable bonds is 4. The highest BCUT2D eigenvalue weighted by Crippen LogP contribution is 1.96. The van der Waals surface area contributed by atoms with Crippen LogP contribution in [0, 0.1) is 0 Å². The average molecular weight is 168 g/mol. The topological polar surface area (TPSA) is 32.3 Å². The lowest BCUT2D eigenvalue weighted by Gasteiger charge is -2.26. The maximum absolute atomic E-state index is 9.85. The highest BCUT2D eigenvalue weighted by Gasteiger charge is 2.07. The summed E-state index contributed by atoms with van der Waals surface area (Å²) in [6.45, 7) is 5.60. The highest BCUT2D eigenvalue weighted by molar-refractivity contribution is 5.44. The number of hydrogen-bond donors (Lipinski definition) is 1. The zero-order chi connectivity index (χ0) is 8.65. The van der Waals surface area contributed by atoms with E-state index in [1.54, 1.807) is 12.0 Å². The molecule has 3 heteroatoms. The molecule has 0 saturated carbocycles. The molecule has 0 atom stereocenters. The second-order valence-corrected chi connectivity index (χ2v) is 3.06. The van der Waals surface area contributed by atoms with Gasteiger partial charge in [0.05, 0.1) is 0 Å². The maximum Gasteiger partial charge on any atom is 0.120 e. The molecule has 1 rings (SSSR count). The molecule has 0 aromatic rings. The molecule has 1 N–H and O–H groups in total. The van der Waals surface area contributed by atoms with Crippen molar-refractivity contribution >= 4 is 5.94 Å². The molecule has 68 valence electrons. The van der Waals surface area contributed by atoms with Gasteiger partial charge in [0.25, 0.3) is 0 Å². The van der Waals surface area contributed by atoms with Gasteiger partial charge < -0.3 is 10.2 Å². The van der Waals surface area contributed by atoms with E-state index in [4.69, 9.17) is 0 Å². The smallest absolute Gasteiger partial charge is 0.120 e. The van der Waals surface area contributed by atoms with Crippen molar-refractivity contribution in [3.8, 4) is 0 Å². The molecule has 1 heterocycles. The summed E-state index contributed by atoms with van der Waals surface area (Å²) in [7, 11) is 0. The van der Waals surface area contributed by atoms with E-state index in [2.05, 4.69) is 10.2 Å². The molecule has 3 nitrogen and oxygen atoms in total. The Bertz CT molecular complexity index is 158. The number of hydrogen-bond acceptors (Lipinski definition) is 3. The van der Waals surface area contributed by atoms with Gasteiger partial charge in [0.15, 0.2) is 0 Å². The fourth-order valence-corrected chi connectivity index (χ4v) is 1.41. The van der Waals surface area contributed by atoms with Crippen molar-refractivity contribution in [3.05, 3.63) is 6.08 Å². The molecular weight excluding hydrogens is 152 g/mol. The zero-order valence-corrected chi connectivity index (χ0v) is 7.38. The molecule has 0 radical (unpaired) electrons. The minimum absolute atomic E-state index is 0.868. The second kappa shape index (κ2) is 5.95. The maximum atomic E-state index is 9.85. The molecule has 1 saturated heterocycles. The van der Waals surface area contributed by atoms with Crippen LogP contribution >= 0.6 is 0 Å². The summed E-state index contributed by atoms with van der Waals surface area (Å²) in [5.41, 5.74) is 0. The number of nitrogens with one attached hydrogen (secondary N) is 1. The number of carbonyl (C=O) groups excluding carboxylic acids is 1. The van der Waals surface area contributed by atoms with E-state index in [0.717, 1.165) is 45.6 Å². The Labute approximate surface area is 73.4 Å². The van der Waals surface area contributed by atoms with Crippen molar-refractivity contribution < 1.29 is 4.79 Å². The summed E-state index contributed by atoms with van der Waals surface area (Å²) in [6, 6.07) is 0. The van der Waals surface area contributed by atoms with Crippen molar-refractivity contribution in [1.29, 1.82) is 0 Å². The van der Waals surface area contributed by atoms with Crippen LogP contribution in [0.5, 0.6) is 0 Å². The lowest BCUT2D eigenvalue weighted by Crippen LogP contribution is -2.43. The number of unbranched alkanes of at least 4 members (excludes halogenated alkanes) is 1. The Morgan fingerprint density at radius 3 is 2.83 bits per heavy atom. The van der Waals surface area contributed by atoms with Crippen LogP contribution in [0.15, 0.2) is 6.08 Å². The quantitative estimate of drug-likeness (QED) is 0.476. The fraction of sp³-hybridized carbons (Fsp3) is 0.778. The van der Waals surface area contributed by atoms with Gasteiger partial charge in [-0.3, -0.25) is 0 Å². The van der Waals surface area contributed by atoms with Crippen LogP contribution in [-0.4, -0.2) is 43.6 Å². The number of allylic oxidation sites excluding steroid dienone is 1. The highest BCUT2D eigenvalue weighted by atomic mass is 16.1. The Kier molecular flexibility index (Phi) is 4.69. The Hall–Kier alpha value is -0.630. The second-order valence-electron chi connectivity index (χ2n) is 3.06. The van der Waals surface area contributed by atoms with Gasteiger partial charge in [0.1, 0.15) is 5.94 Å². The van der Waals surface area contributed by atoms with E-state index in [1.807, 2.05) is 0 Å². The van der Waals surface area contributed by atoms with Crippen molar-refractivity contribution in [3.63, 3.8) is 0 Å². The molecule has 0 aromatic carbocycles. The molecule has 0 unspecified atom stereocenters. The standard InChI is InChI=1S/C9H16N2O/c12-9-3-1-2-6-11-7-4-10-5-8-11/h3,10H,1-2,4-8H2. The van der Waals surface area contributed by atoms with Crippen molar-refractivity contribution in [2.75, 3.05) is 32.7 Å².